The lowest BCUT2D eigenvalue weighted by molar-refractivity contribution is -0.119. The Morgan fingerprint density at radius 1 is 1.56 bits per heavy atom. The smallest absolute Gasteiger partial charge is 0.216 e. The van der Waals surface area contributed by atoms with E-state index < -0.39 is 0 Å². The fourth-order valence-electron chi connectivity index (χ4n) is 2.13. The molecule has 16 heavy (non-hydrogen) atoms. The number of carbonyl (C=O) groups excluding carboxylic acids is 1. The first-order valence-corrected chi connectivity index (χ1v) is 6.31. The Balaban J connectivity index is 2.26. The monoisotopic (exact) mass is 227 g/mol. The molecule has 4 heteroatoms. The number of hydrogen-bond acceptors (Lipinski definition) is 3. The minimum atomic E-state index is 0.0581. The molecule has 1 aliphatic rings. The summed E-state index contributed by atoms with van der Waals surface area (Å²) in [4.78, 5) is 13.2. The third kappa shape index (κ3) is 4.94. The van der Waals surface area contributed by atoms with Crippen LogP contribution in [-0.2, 0) is 4.79 Å². The minimum absolute atomic E-state index is 0.0581. The Kier molecular flexibility index (Phi) is 5.77. The summed E-state index contributed by atoms with van der Waals surface area (Å²) in [6.07, 6.45) is 2.58. The zero-order valence-corrected chi connectivity index (χ0v) is 10.8. The van der Waals surface area contributed by atoms with Crippen molar-refractivity contribution in [2.75, 3.05) is 26.2 Å². The average Bonchev–Trinajstić information content (AvgIpc) is 2.68. The van der Waals surface area contributed by atoms with Crippen LogP contribution in [0.5, 0.6) is 0 Å². The van der Waals surface area contributed by atoms with E-state index in [1.165, 1.54) is 12.8 Å². The molecule has 0 spiro atoms. The van der Waals surface area contributed by atoms with Crippen LogP contribution in [0.25, 0.3) is 0 Å². The molecule has 1 aliphatic heterocycles. The van der Waals surface area contributed by atoms with E-state index in [1.807, 2.05) is 0 Å². The van der Waals surface area contributed by atoms with Crippen LogP contribution in [0.2, 0.25) is 0 Å². The molecule has 0 aliphatic carbocycles. The van der Waals surface area contributed by atoms with Crippen molar-refractivity contribution in [2.45, 2.75) is 45.7 Å². The van der Waals surface area contributed by atoms with Crippen LogP contribution in [0, 0.1) is 0 Å². The maximum Gasteiger partial charge on any atom is 0.216 e. The molecule has 1 rings (SSSR count). The third-order valence-electron chi connectivity index (χ3n) is 3.12. The van der Waals surface area contributed by atoms with Gasteiger partial charge in [-0.1, -0.05) is 0 Å². The highest BCUT2D eigenvalue weighted by atomic mass is 16.1. The van der Waals surface area contributed by atoms with E-state index >= 15 is 0 Å². The van der Waals surface area contributed by atoms with Gasteiger partial charge in [-0.2, -0.15) is 0 Å². The molecule has 4 nitrogen and oxygen atoms in total. The Bertz CT molecular complexity index is 212. The predicted octanol–water partition coefficient (Wildman–Crippen LogP) is 0.585. The number of hydrogen-bond donors (Lipinski definition) is 2. The van der Waals surface area contributed by atoms with E-state index in [-0.39, 0.29) is 5.91 Å². The van der Waals surface area contributed by atoms with Crippen molar-refractivity contribution < 1.29 is 4.79 Å². The van der Waals surface area contributed by atoms with Gasteiger partial charge in [-0.05, 0) is 33.2 Å². The van der Waals surface area contributed by atoms with Crippen molar-refractivity contribution in [1.29, 1.82) is 0 Å². The molecule has 0 aromatic carbocycles. The van der Waals surface area contributed by atoms with Crippen molar-refractivity contribution in [3.8, 4) is 0 Å². The van der Waals surface area contributed by atoms with Crippen LogP contribution in [0.4, 0.5) is 0 Å². The summed E-state index contributed by atoms with van der Waals surface area (Å²) < 4.78 is 0. The second-order valence-corrected chi connectivity index (χ2v) is 4.86. The molecule has 1 heterocycles. The standard InChI is InChI=1S/C12H25N3O/c1-10(2)15(8-7-13-11(3)16)9-12-5-4-6-14-12/h10,12,14H,4-9H2,1-3H3,(H,13,16). The number of carbonyl (C=O) groups is 1. The molecule has 0 saturated carbocycles. The molecule has 94 valence electrons. The second kappa shape index (κ2) is 6.86. The van der Waals surface area contributed by atoms with Gasteiger partial charge in [-0.3, -0.25) is 9.69 Å². The van der Waals surface area contributed by atoms with Crippen LogP contribution >= 0.6 is 0 Å². The molecule has 0 radical (unpaired) electrons. The van der Waals surface area contributed by atoms with Gasteiger partial charge >= 0.3 is 0 Å². The molecular formula is C12H25N3O. The lowest BCUT2D eigenvalue weighted by Crippen LogP contribution is -2.44. The summed E-state index contributed by atoms with van der Waals surface area (Å²) in [5, 5.41) is 6.37. The molecule has 1 fully saturated rings. The third-order valence-corrected chi connectivity index (χ3v) is 3.12. The molecule has 1 unspecified atom stereocenters. The Morgan fingerprint density at radius 2 is 2.31 bits per heavy atom. The number of nitrogens with one attached hydrogen (secondary N) is 2. The maximum absolute atomic E-state index is 10.8. The highest BCUT2D eigenvalue weighted by molar-refractivity contribution is 5.72. The van der Waals surface area contributed by atoms with Crippen LogP contribution in [0.15, 0.2) is 0 Å². The SMILES string of the molecule is CC(=O)NCCN(CC1CCCN1)C(C)C. The number of rotatable bonds is 6. The lowest BCUT2D eigenvalue weighted by atomic mass is 10.2. The summed E-state index contributed by atoms with van der Waals surface area (Å²) in [5.74, 6) is 0.0581. The van der Waals surface area contributed by atoms with E-state index in [0.29, 0.717) is 12.1 Å². The van der Waals surface area contributed by atoms with Crippen molar-refractivity contribution in [3.05, 3.63) is 0 Å². The van der Waals surface area contributed by atoms with Gasteiger partial charge in [-0.25, -0.2) is 0 Å². The minimum Gasteiger partial charge on any atom is -0.355 e. The Morgan fingerprint density at radius 3 is 2.81 bits per heavy atom. The van der Waals surface area contributed by atoms with Gasteiger partial charge < -0.3 is 10.6 Å². The number of amides is 1. The molecule has 2 N–H and O–H groups in total. The summed E-state index contributed by atoms with van der Waals surface area (Å²) in [6, 6.07) is 1.18. The van der Waals surface area contributed by atoms with E-state index in [1.54, 1.807) is 6.92 Å². The first kappa shape index (κ1) is 13.5. The van der Waals surface area contributed by atoms with Crippen molar-refractivity contribution in [2.24, 2.45) is 0 Å². The van der Waals surface area contributed by atoms with Crippen LogP contribution in [0.3, 0.4) is 0 Å². The molecule has 0 aromatic heterocycles. The van der Waals surface area contributed by atoms with Crippen molar-refractivity contribution in [1.82, 2.24) is 15.5 Å². The Labute approximate surface area is 98.8 Å². The van der Waals surface area contributed by atoms with Gasteiger partial charge in [0, 0.05) is 38.6 Å². The van der Waals surface area contributed by atoms with Gasteiger partial charge in [0.05, 0.1) is 0 Å². The van der Waals surface area contributed by atoms with Crippen LogP contribution in [-0.4, -0.2) is 49.1 Å². The zero-order valence-electron chi connectivity index (χ0n) is 10.8. The largest absolute Gasteiger partial charge is 0.355 e. The van der Waals surface area contributed by atoms with Crippen molar-refractivity contribution in [3.63, 3.8) is 0 Å². The zero-order chi connectivity index (χ0) is 12.0. The molecule has 1 amide bonds. The van der Waals surface area contributed by atoms with Crippen molar-refractivity contribution >= 4 is 5.91 Å². The highest BCUT2D eigenvalue weighted by Crippen LogP contribution is 2.08. The summed E-state index contributed by atoms with van der Waals surface area (Å²) in [7, 11) is 0. The molecule has 1 atom stereocenters. The quantitative estimate of drug-likeness (QED) is 0.698. The van der Waals surface area contributed by atoms with Crippen LogP contribution in [0.1, 0.15) is 33.6 Å². The summed E-state index contributed by atoms with van der Waals surface area (Å²) >= 11 is 0. The fraction of sp³-hybridized carbons (Fsp3) is 0.917. The molecule has 1 saturated heterocycles. The molecular weight excluding hydrogens is 202 g/mol. The average molecular weight is 227 g/mol. The van der Waals surface area contributed by atoms with Gasteiger partial charge in [0.2, 0.25) is 5.91 Å². The fourth-order valence-corrected chi connectivity index (χ4v) is 2.13. The van der Waals surface area contributed by atoms with Gasteiger partial charge in [-0.15, -0.1) is 0 Å². The van der Waals surface area contributed by atoms with Gasteiger partial charge in [0.15, 0.2) is 0 Å². The Hall–Kier alpha value is -0.610. The van der Waals surface area contributed by atoms with Crippen LogP contribution < -0.4 is 10.6 Å². The predicted molar refractivity (Wildman–Crippen MR) is 66.4 cm³/mol. The normalized spacial score (nSPS) is 20.7. The van der Waals surface area contributed by atoms with Gasteiger partial charge in [0.1, 0.15) is 0 Å². The topological polar surface area (TPSA) is 44.4 Å². The van der Waals surface area contributed by atoms with Gasteiger partial charge in [0.25, 0.3) is 0 Å². The second-order valence-electron chi connectivity index (χ2n) is 4.86. The van der Waals surface area contributed by atoms with E-state index in [0.717, 1.165) is 26.2 Å². The lowest BCUT2D eigenvalue weighted by Gasteiger charge is -2.29. The molecule has 0 bridgehead atoms. The summed E-state index contributed by atoms with van der Waals surface area (Å²) in [6.45, 7) is 9.93. The van der Waals surface area contributed by atoms with E-state index in [2.05, 4.69) is 29.4 Å². The van der Waals surface area contributed by atoms with E-state index in [9.17, 15) is 4.79 Å². The summed E-state index contributed by atoms with van der Waals surface area (Å²) in [5.41, 5.74) is 0. The molecule has 0 aromatic rings. The first-order chi connectivity index (χ1) is 7.59. The maximum atomic E-state index is 10.8. The van der Waals surface area contributed by atoms with E-state index in [4.69, 9.17) is 0 Å². The highest BCUT2D eigenvalue weighted by Gasteiger charge is 2.19. The first-order valence-electron chi connectivity index (χ1n) is 6.31. The number of nitrogens with zero attached hydrogens (tertiary/aromatic N) is 1.